The zero-order valence-corrected chi connectivity index (χ0v) is 11.9. The molecule has 1 aromatic carbocycles. The van der Waals surface area contributed by atoms with E-state index in [9.17, 15) is 0 Å². The van der Waals surface area contributed by atoms with Gasteiger partial charge in [-0.3, -0.25) is 10.3 Å². The first kappa shape index (κ1) is 13.9. The van der Waals surface area contributed by atoms with E-state index in [0.717, 1.165) is 37.7 Å². The maximum Gasteiger partial charge on any atom is 0.122 e. The van der Waals surface area contributed by atoms with Crippen molar-refractivity contribution in [2.45, 2.75) is 13.8 Å². The monoisotopic (exact) mass is 260 g/mol. The van der Waals surface area contributed by atoms with Gasteiger partial charge in [-0.15, -0.1) is 0 Å². The first-order valence-electron chi connectivity index (χ1n) is 6.98. The Morgan fingerprint density at radius 3 is 2.21 bits per heavy atom. The molecular weight excluding hydrogens is 236 g/mol. The minimum atomic E-state index is 0.133. The standard InChI is InChI=1S/C15H24N4/c1-12(2)11-18-7-9-19(10-8-18)14-5-3-13(4-6-14)15(16)17/h3-6,12H,7-11H2,1-2H3,(H3,16,17). The number of anilines is 1. The predicted molar refractivity (Wildman–Crippen MR) is 80.9 cm³/mol. The van der Waals surface area contributed by atoms with Crippen LogP contribution in [0.15, 0.2) is 24.3 Å². The van der Waals surface area contributed by atoms with Crippen LogP contribution in [-0.2, 0) is 0 Å². The maximum absolute atomic E-state index is 7.40. The van der Waals surface area contributed by atoms with Gasteiger partial charge in [0, 0.05) is 44.0 Å². The van der Waals surface area contributed by atoms with E-state index < -0.39 is 0 Å². The number of nitrogens with one attached hydrogen (secondary N) is 1. The molecule has 1 heterocycles. The molecule has 0 aliphatic carbocycles. The molecule has 1 aliphatic rings. The molecule has 19 heavy (non-hydrogen) atoms. The van der Waals surface area contributed by atoms with Crippen LogP contribution in [0.3, 0.4) is 0 Å². The van der Waals surface area contributed by atoms with Gasteiger partial charge in [0.05, 0.1) is 0 Å². The number of benzene rings is 1. The van der Waals surface area contributed by atoms with Gasteiger partial charge in [-0.1, -0.05) is 13.8 Å². The lowest BCUT2D eigenvalue weighted by atomic mass is 10.1. The van der Waals surface area contributed by atoms with Gasteiger partial charge in [0.15, 0.2) is 0 Å². The Kier molecular flexibility index (Phi) is 4.43. The van der Waals surface area contributed by atoms with Crippen LogP contribution in [0.2, 0.25) is 0 Å². The Morgan fingerprint density at radius 2 is 1.74 bits per heavy atom. The average Bonchev–Trinajstić information content (AvgIpc) is 2.39. The van der Waals surface area contributed by atoms with Gasteiger partial charge in [-0.25, -0.2) is 0 Å². The summed E-state index contributed by atoms with van der Waals surface area (Å²) in [6, 6.07) is 7.99. The Labute approximate surface area is 115 Å². The molecule has 2 rings (SSSR count). The molecule has 3 N–H and O–H groups in total. The summed E-state index contributed by atoms with van der Waals surface area (Å²) < 4.78 is 0. The fourth-order valence-corrected chi connectivity index (χ4v) is 2.56. The average molecular weight is 260 g/mol. The van der Waals surface area contributed by atoms with Crippen LogP contribution in [-0.4, -0.2) is 43.5 Å². The minimum absolute atomic E-state index is 0.133. The highest BCUT2D eigenvalue weighted by molar-refractivity contribution is 5.95. The smallest absolute Gasteiger partial charge is 0.122 e. The Bertz CT molecular complexity index is 416. The van der Waals surface area contributed by atoms with Crippen molar-refractivity contribution in [3.05, 3.63) is 29.8 Å². The van der Waals surface area contributed by atoms with Gasteiger partial charge < -0.3 is 10.6 Å². The van der Waals surface area contributed by atoms with E-state index in [1.165, 1.54) is 12.2 Å². The van der Waals surface area contributed by atoms with E-state index >= 15 is 0 Å². The molecule has 0 saturated carbocycles. The highest BCUT2D eigenvalue weighted by Crippen LogP contribution is 2.17. The van der Waals surface area contributed by atoms with Gasteiger partial charge >= 0.3 is 0 Å². The number of rotatable bonds is 4. The molecule has 0 amide bonds. The van der Waals surface area contributed by atoms with Crippen molar-refractivity contribution in [3.63, 3.8) is 0 Å². The zero-order valence-electron chi connectivity index (χ0n) is 11.9. The van der Waals surface area contributed by atoms with E-state index in [4.69, 9.17) is 11.1 Å². The number of amidine groups is 1. The molecule has 4 heteroatoms. The fourth-order valence-electron chi connectivity index (χ4n) is 2.56. The third-order valence-corrected chi connectivity index (χ3v) is 3.54. The molecule has 1 fully saturated rings. The largest absolute Gasteiger partial charge is 0.384 e. The van der Waals surface area contributed by atoms with Crippen molar-refractivity contribution in [3.8, 4) is 0 Å². The van der Waals surface area contributed by atoms with Crippen LogP contribution < -0.4 is 10.6 Å². The number of nitrogens with zero attached hydrogens (tertiary/aromatic N) is 2. The molecule has 0 aromatic heterocycles. The topological polar surface area (TPSA) is 56.4 Å². The second kappa shape index (κ2) is 6.06. The molecule has 0 radical (unpaired) electrons. The van der Waals surface area contributed by atoms with Gasteiger partial charge in [-0.05, 0) is 30.2 Å². The number of nitrogens with two attached hydrogens (primary N) is 1. The minimum Gasteiger partial charge on any atom is -0.384 e. The highest BCUT2D eigenvalue weighted by atomic mass is 15.3. The molecule has 1 aromatic rings. The molecule has 0 spiro atoms. The molecule has 4 nitrogen and oxygen atoms in total. The van der Waals surface area contributed by atoms with E-state index in [2.05, 4.69) is 35.8 Å². The van der Waals surface area contributed by atoms with Crippen molar-refractivity contribution in [1.82, 2.24) is 4.90 Å². The Hall–Kier alpha value is -1.55. The molecule has 1 aliphatic heterocycles. The van der Waals surface area contributed by atoms with Crippen LogP contribution >= 0.6 is 0 Å². The fraction of sp³-hybridized carbons (Fsp3) is 0.533. The summed E-state index contributed by atoms with van der Waals surface area (Å²) in [6.07, 6.45) is 0. The number of nitrogen functional groups attached to an aromatic ring is 1. The molecular formula is C15H24N4. The summed E-state index contributed by atoms with van der Waals surface area (Å²) in [7, 11) is 0. The van der Waals surface area contributed by atoms with Crippen LogP contribution in [0, 0.1) is 11.3 Å². The van der Waals surface area contributed by atoms with Crippen molar-refractivity contribution in [2.75, 3.05) is 37.6 Å². The maximum atomic E-state index is 7.40. The van der Waals surface area contributed by atoms with E-state index in [1.807, 2.05) is 12.1 Å². The summed E-state index contributed by atoms with van der Waals surface area (Å²) in [6.45, 7) is 10.1. The van der Waals surface area contributed by atoms with Crippen molar-refractivity contribution < 1.29 is 0 Å². The van der Waals surface area contributed by atoms with Crippen LogP contribution in [0.25, 0.3) is 0 Å². The van der Waals surface area contributed by atoms with Crippen molar-refractivity contribution in [2.24, 2.45) is 11.7 Å². The van der Waals surface area contributed by atoms with Crippen LogP contribution in [0.1, 0.15) is 19.4 Å². The molecule has 104 valence electrons. The lowest BCUT2D eigenvalue weighted by Gasteiger charge is -2.36. The van der Waals surface area contributed by atoms with Gasteiger partial charge in [-0.2, -0.15) is 0 Å². The van der Waals surface area contributed by atoms with Gasteiger partial charge in [0.2, 0.25) is 0 Å². The van der Waals surface area contributed by atoms with E-state index in [1.54, 1.807) is 0 Å². The quantitative estimate of drug-likeness (QED) is 0.640. The number of hydrogen-bond donors (Lipinski definition) is 2. The molecule has 0 atom stereocenters. The molecule has 1 saturated heterocycles. The van der Waals surface area contributed by atoms with Crippen molar-refractivity contribution in [1.29, 1.82) is 5.41 Å². The summed E-state index contributed by atoms with van der Waals surface area (Å²) in [5.74, 6) is 0.870. The lowest BCUT2D eigenvalue weighted by molar-refractivity contribution is 0.231. The Morgan fingerprint density at radius 1 is 1.16 bits per heavy atom. The summed E-state index contributed by atoms with van der Waals surface area (Å²) >= 11 is 0. The summed E-state index contributed by atoms with van der Waals surface area (Å²) in [5.41, 5.74) is 7.49. The van der Waals surface area contributed by atoms with Crippen LogP contribution in [0.4, 0.5) is 5.69 Å². The third-order valence-electron chi connectivity index (χ3n) is 3.54. The second-order valence-corrected chi connectivity index (χ2v) is 5.64. The summed E-state index contributed by atoms with van der Waals surface area (Å²) in [4.78, 5) is 4.94. The highest BCUT2D eigenvalue weighted by Gasteiger charge is 2.17. The SMILES string of the molecule is CC(C)CN1CCN(c2ccc(C(=N)N)cc2)CC1. The first-order chi connectivity index (χ1) is 9.06. The summed E-state index contributed by atoms with van der Waals surface area (Å²) in [5, 5.41) is 7.40. The zero-order chi connectivity index (χ0) is 13.8. The van der Waals surface area contributed by atoms with Gasteiger partial charge in [0.1, 0.15) is 5.84 Å². The number of piperazine rings is 1. The Balaban J connectivity index is 1.92. The normalized spacial score (nSPS) is 16.9. The molecule has 0 unspecified atom stereocenters. The molecule has 0 bridgehead atoms. The van der Waals surface area contributed by atoms with Crippen LogP contribution in [0.5, 0.6) is 0 Å². The lowest BCUT2D eigenvalue weighted by Crippen LogP contribution is -2.47. The second-order valence-electron chi connectivity index (χ2n) is 5.64. The number of hydrogen-bond acceptors (Lipinski definition) is 3. The van der Waals surface area contributed by atoms with E-state index in [0.29, 0.717) is 0 Å². The predicted octanol–water partition coefficient (Wildman–Crippen LogP) is 1.75. The third kappa shape index (κ3) is 3.70. The van der Waals surface area contributed by atoms with E-state index in [-0.39, 0.29) is 5.84 Å². The van der Waals surface area contributed by atoms with Gasteiger partial charge in [0.25, 0.3) is 0 Å². The van der Waals surface area contributed by atoms with Crippen molar-refractivity contribution >= 4 is 11.5 Å². The first-order valence-corrected chi connectivity index (χ1v) is 6.98.